The summed E-state index contributed by atoms with van der Waals surface area (Å²) in [7, 11) is 0. The number of hydrogen-bond acceptors (Lipinski definition) is 0. The molecule has 0 N–H and O–H groups in total. The second-order valence-electron chi connectivity index (χ2n) is 2.69. The van der Waals surface area contributed by atoms with E-state index in [1.165, 1.54) is 0 Å². The van der Waals surface area contributed by atoms with Gasteiger partial charge in [0.2, 0.25) is 0 Å². The largest absolute Gasteiger partial charge is 0.340 e. The molecule has 1 unspecified atom stereocenters. The van der Waals surface area contributed by atoms with E-state index >= 15 is 0 Å². The summed E-state index contributed by atoms with van der Waals surface area (Å²) >= 11 is 0. The highest BCUT2D eigenvalue weighted by molar-refractivity contribution is 4.94. The molecule has 1 atom stereocenters. The third kappa shape index (κ3) is 1.20. The second kappa shape index (κ2) is 2.32. The van der Waals surface area contributed by atoms with Crippen LogP contribution in [0.4, 0.5) is 22.0 Å². The Labute approximate surface area is 60.4 Å². The van der Waals surface area contributed by atoms with Crippen molar-refractivity contribution in [1.29, 1.82) is 0 Å². The summed E-state index contributed by atoms with van der Waals surface area (Å²) in [6.07, 6.45) is -4.25. The van der Waals surface area contributed by atoms with Gasteiger partial charge in [0.25, 0.3) is 0 Å². The van der Waals surface area contributed by atoms with Gasteiger partial charge in [0.15, 0.2) is 6.17 Å². The van der Waals surface area contributed by atoms with Gasteiger partial charge in [0, 0.05) is 6.42 Å². The van der Waals surface area contributed by atoms with Gasteiger partial charge >= 0.3 is 11.8 Å². The molecule has 11 heavy (non-hydrogen) atoms. The molecule has 5 heteroatoms. The molecule has 0 aromatic rings. The number of halogens is 5. The van der Waals surface area contributed by atoms with Gasteiger partial charge in [-0.1, -0.05) is 0 Å². The molecule has 66 valence electrons. The van der Waals surface area contributed by atoms with Gasteiger partial charge in [-0.2, -0.15) is 17.6 Å². The lowest BCUT2D eigenvalue weighted by molar-refractivity contribution is -0.257. The Morgan fingerprint density at radius 1 is 1.09 bits per heavy atom. The van der Waals surface area contributed by atoms with Crippen LogP contribution in [-0.2, 0) is 0 Å². The first-order valence-electron chi connectivity index (χ1n) is 3.27. The molecule has 0 nitrogen and oxygen atoms in total. The van der Waals surface area contributed by atoms with E-state index in [0.717, 1.165) is 0 Å². The van der Waals surface area contributed by atoms with E-state index in [2.05, 4.69) is 0 Å². The Bertz CT molecular complexity index is 153. The van der Waals surface area contributed by atoms with Gasteiger partial charge in [0.1, 0.15) is 0 Å². The summed E-state index contributed by atoms with van der Waals surface area (Å²) in [5.74, 6) is -8.63. The molecule has 0 spiro atoms. The predicted molar refractivity (Wildman–Crippen MR) is 28.6 cm³/mol. The molecule has 1 saturated carbocycles. The average molecular weight is 174 g/mol. The molecule has 0 aromatic heterocycles. The van der Waals surface area contributed by atoms with Crippen molar-refractivity contribution in [2.24, 2.45) is 0 Å². The molecule has 0 aliphatic heterocycles. The Kier molecular flexibility index (Phi) is 1.84. The van der Waals surface area contributed by atoms with Crippen LogP contribution in [0.5, 0.6) is 0 Å². The molecule has 1 aliphatic carbocycles. The summed E-state index contributed by atoms with van der Waals surface area (Å²) in [6.45, 7) is 0. The van der Waals surface area contributed by atoms with E-state index in [0.29, 0.717) is 0 Å². The lowest BCUT2D eigenvalue weighted by Crippen LogP contribution is -2.50. The zero-order valence-corrected chi connectivity index (χ0v) is 5.59. The molecule has 0 heterocycles. The quantitative estimate of drug-likeness (QED) is 0.495. The smallest absolute Gasteiger partial charge is 0.241 e. The van der Waals surface area contributed by atoms with Crippen LogP contribution in [0.1, 0.15) is 19.3 Å². The van der Waals surface area contributed by atoms with Crippen LogP contribution in [0.25, 0.3) is 0 Å². The molecule has 0 radical (unpaired) electrons. The predicted octanol–water partition coefficient (Wildman–Crippen LogP) is 2.78. The molecule has 0 saturated heterocycles. The third-order valence-electron chi connectivity index (χ3n) is 1.83. The minimum absolute atomic E-state index is 0.177. The van der Waals surface area contributed by atoms with E-state index in [-0.39, 0.29) is 6.42 Å². The zero-order valence-electron chi connectivity index (χ0n) is 5.59. The maximum absolute atomic E-state index is 12.3. The zero-order chi connectivity index (χ0) is 8.70. The molecular weight excluding hydrogens is 167 g/mol. The molecular formula is C6H7F5. The first kappa shape index (κ1) is 8.74. The lowest BCUT2D eigenvalue weighted by atomic mass is 9.91. The maximum atomic E-state index is 12.3. The van der Waals surface area contributed by atoms with Crippen molar-refractivity contribution in [2.75, 3.05) is 0 Å². The van der Waals surface area contributed by atoms with Crippen LogP contribution in [0.2, 0.25) is 0 Å². The van der Waals surface area contributed by atoms with Crippen molar-refractivity contribution in [2.45, 2.75) is 37.3 Å². The fourth-order valence-electron chi connectivity index (χ4n) is 1.08. The van der Waals surface area contributed by atoms with Crippen molar-refractivity contribution in [3.05, 3.63) is 0 Å². The second-order valence-corrected chi connectivity index (χ2v) is 2.69. The summed E-state index contributed by atoms with van der Waals surface area (Å²) in [5.41, 5.74) is 0. The first-order chi connectivity index (χ1) is 4.88. The summed E-state index contributed by atoms with van der Waals surface area (Å²) in [6, 6.07) is 0. The number of alkyl halides is 5. The Balaban J connectivity index is 2.82. The van der Waals surface area contributed by atoms with Gasteiger partial charge in [-0.25, -0.2) is 4.39 Å². The molecule has 0 bridgehead atoms. The maximum Gasteiger partial charge on any atom is 0.340 e. The van der Waals surface area contributed by atoms with Crippen molar-refractivity contribution < 1.29 is 22.0 Å². The third-order valence-corrected chi connectivity index (χ3v) is 1.83. The van der Waals surface area contributed by atoms with Gasteiger partial charge < -0.3 is 0 Å². The van der Waals surface area contributed by atoms with Crippen LogP contribution < -0.4 is 0 Å². The van der Waals surface area contributed by atoms with Crippen molar-refractivity contribution >= 4 is 0 Å². The van der Waals surface area contributed by atoms with Gasteiger partial charge in [-0.15, -0.1) is 0 Å². The number of rotatable bonds is 0. The van der Waals surface area contributed by atoms with E-state index in [1.54, 1.807) is 0 Å². The minimum atomic E-state index is -4.47. The fourth-order valence-corrected chi connectivity index (χ4v) is 1.08. The van der Waals surface area contributed by atoms with E-state index in [4.69, 9.17) is 0 Å². The SMILES string of the molecule is FC1CCCC(F)(F)C1(F)F. The van der Waals surface area contributed by atoms with Crippen LogP contribution in [0, 0.1) is 0 Å². The molecule has 0 amide bonds. The normalized spacial score (nSPS) is 35.2. The summed E-state index contributed by atoms with van der Waals surface area (Å²) < 4.78 is 61.2. The van der Waals surface area contributed by atoms with Crippen LogP contribution in [0.15, 0.2) is 0 Å². The Morgan fingerprint density at radius 3 is 2.00 bits per heavy atom. The van der Waals surface area contributed by atoms with Crippen molar-refractivity contribution in [1.82, 2.24) is 0 Å². The van der Waals surface area contributed by atoms with E-state index in [1.807, 2.05) is 0 Å². The van der Waals surface area contributed by atoms with E-state index < -0.39 is 30.9 Å². The highest BCUT2D eigenvalue weighted by Crippen LogP contribution is 2.46. The van der Waals surface area contributed by atoms with Gasteiger partial charge in [-0.05, 0) is 12.8 Å². The molecule has 1 rings (SSSR count). The van der Waals surface area contributed by atoms with Gasteiger partial charge in [-0.3, -0.25) is 0 Å². The highest BCUT2D eigenvalue weighted by atomic mass is 19.3. The van der Waals surface area contributed by atoms with Crippen molar-refractivity contribution in [3.8, 4) is 0 Å². The minimum Gasteiger partial charge on any atom is -0.241 e. The summed E-state index contributed by atoms with van der Waals surface area (Å²) in [4.78, 5) is 0. The first-order valence-corrected chi connectivity index (χ1v) is 3.27. The molecule has 1 fully saturated rings. The van der Waals surface area contributed by atoms with Crippen molar-refractivity contribution in [3.63, 3.8) is 0 Å². The Hall–Kier alpha value is -0.350. The van der Waals surface area contributed by atoms with Gasteiger partial charge in [0.05, 0.1) is 0 Å². The van der Waals surface area contributed by atoms with Crippen LogP contribution in [0.3, 0.4) is 0 Å². The summed E-state index contributed by atoms with van der Waals surface area (Å²) in [5, 5.41) is 0. The van der Waals surface area contributed by atoms with Crippen LogP contribution in [-0.4, -0.2) is 18.0 Å². The highest BCUT2D eigenvalue weighted by Gasteiger charge is 2.63. The standard InChI is InChI=1S/C6H7F5/c7-4-2-1-3-5(8,9)6(4,10)11/h4H,1-3H2. The molecule has 0 aromatic carbocycles. The monoisotopic (exact) mass is 174 g/mol. The lowest BCUT2D eigenvalue weighted by Gasteiger charge is -2.33. The Morgan fingerprint density at radius 2 is 1.64 bits per heavy atom. The van der Waals surface area contributed by atoms with Crippen LogP contribution >= 0.6 is 0 Å². The number of hydrogen-bond donors (Lipinski definition) is 0. The average Bonchev–Trinajstić information content (AvgIpc) is 1.84. The van der Waals surface area contributed by atoms with E-state index in [9.17, 15) is 22.0 Å². The molecule has 1 aliphatic rings. The fraction of sp³-hybridized carbons (Fsp3) is 1.00. The topological polar surface area (TPSA) is 0 Å².